The molecule has 2 aromatic carbocycles. The number of anilines is 1. The van der Waals surface area contributed by atoms with Crippen LogP contribution in [0.25, 0.3) is 0 Å². The van der Waals surface area contributed by atoms with Gasteiger partial charge in [-0.05, 0) is 49.2 Å². The van der Waals surface area contributed by atoms with Gasteiger partial charge in [-0.1, -0.05) is 0 Å². The molecule has 0 aromatic heterocycles. The van der Waals surface area contributed by atoms with Crippen LogP contribution in [0.15, 0.2) is 35.2 Å². The van der Waals surface area contributed by atoms with Gasteiger partial charge in [-0.15, -0.1) is 0 Å². The average molecular weight is 395 g/mol. The Morgan fingerprint density at radius 2 is 1.44 bits per heavy atom. The van der Waals surface area contributed by atoms with E-state index in [1.54, 1.807) is 25.1 Å². The highest BCUT2D eigenvalue weighted by Gasteiger charge is 2.25. The standard InChI is InChI=1S/C19H25NO6S/c1-12(27(21,22)14-6-7-16(23-2)15(20)11-14)8-13-9-17(24-3)19(26-5)18(10-13)25-4/h6-7,9-12H,8,20H2,1-5H3. The highest BCUT2D eigenvalue weighted by Crippen LogP contribution is 2.39. The number of hydrogen-bond donors (Lipinski definition) is 1. The lowest BCUT2D eigenvalue weighted by Crippen LogP contribution is -2.21. The topological polar surface area (TPSA) is 97.1 Å². The zero-order valence-electron chi connectivity index (χ0n) is 16.1. The molecule has 0 amide bonds. The molecule has 1 atom stereocenters. The Morgan fingerprint density at radius 1 is 0.889 bits per heavy atom. The molecule has 0 saturated heterocycles. The summed E-state index contributed by atoms with van der Waals surface area (Å²) in [4.78, 5) is 0.153. The molecule has 0 fully saturated rings. The summed E-state index contributed by atoms with van der Waals surface area (Å²) in [6.45, 7) is 1.65. The number of rotatable bonds is 8. The molecule has 2 rings (SSSR count). The third kappa shape index (κ3) is 4.21. The van der Waals surface area contributed by atoms with Crippen LogP contribution in [-0.2, 0) is 16.3 Å². The zero-order chi connectivity index (χ0) is 20.2. The maximum absolute atomic E-state index is 12.9. The minimum absolute atomic E-state index is 0.153. The van der Waals surface area contributed by atoms with E-state index in [2.05, 4.69) is 0 Å². The van der Waals surface area contributed by atoms with Crippen molar-refractivity contribution in [3.05, 3.63) is 35.9 Å². The van der Waals surface area contributed by atoms with Crippen LogP contribution in [0.1, 0.15) is 12.5 Å². The van der Waals surface area contributed by atoms with E-state index < -0.39 is 15.1 Å². The third-order valence-corrected chi connectivity index (χ3v) is 6.44. The summed E-state index contributed by atoms with van der Waals surface area (Å²) in [5, 5.41) is -0.687. The molecule has 1 unspecified atom stereocenters. The maximum Gasteiger partial charge on any atom is 0.203 e. The lowest BCUT2D eigenvalue weighted by molar-refractivity contribution is 0.324. The van der Waals surface area contributed by atoms with Crippen molar-refractivity contribution in [2.75, 3.05) is 34.2 Å². The smallest absolute Gasteiger partial charge is 0.203 e. The van der Waals surface area contributed by atoms with Crippen molar-refractivity contribution in [1.82, 2.24) is 0 Å². The fraction of sp³-hybridized carbons (Fsp3) is 0.368. The summed E-state index contributed by atoms with van der Waals surface area (Å²) in [5.74, 6) is 1.85. The summed E-state index contributed by atoms with van der Waals surface area (Å²) in [7, 11) is 2.44. The number of hydrogen-bond acceptors (Lipinski definition) is 7. The highest BCUT2D eigenvalue weighted by molar-refractivity contribution is 7.92. The fourth-order valence-corrected chi connectivity index (χ4v) is 4.24. The van der Waals surface area contributed by atoms with Gasteiger partial charge >= 0.3 is 0 Å². The summed E-state index contributed by atoms with van der Waals surface area (Å²) in [5.41, 5.74) is 6.88. The first kappa shape index (κ1) is 20.7. The third-order valence-electron chi connectivity index (χ3n) is 4.31. The van der Waals surface area contributed by atoms with Crippen molar-refractivity contribution in [2.24, 2.45) is 0 Å². The molecule has 0 bridgehead atoms. The second kappa shape index (κ2) is 8.39. The van der Waals surface area contributed by atoms with E-state index in [-0.39, 0.29) is 17.0 Å². The first-order valence-corrected chi connectivity index (χ1v) is 9.79. The largest absolute Gasteiger partial charge is 0.495 e. The lowest BCUT2D eigenvalue weighted by atomic mass is 10.1. The van der Waals surface area contributed by atoms with Gasteiger partial charge in [-0.3, -0.25) is 0 Å². The van der Waals surface area contributed by atoms with E-state index in [1.165, 1.54) is 40.6 Å². The van der Waals surface area contributed by atoms with Crippen LogP contribution in [0.5, 0.6) is 23.0 Å². The van der Waals surface area contributed by atoms with Gasteiger partial charge in [0.2, 0.25) is 5.75 Å². The van der Waals surface area contributed by atoms with Crippen LogP contribution in [0.3, 0.4) is 0 Å². The van der Waals surface area contributed by atoms with Crippen molar-refractivity contribution in [3.8, 4) is 23.0 Å². The Labute approximate surface area is 159 Å². The molecule has 0 aliphatic heterocycles. The van der Waals surface area contributed by atoms with Gasteiger partial charge in [0.1, 0.15) is 5.75 Å². The van der Waals surface area contributed by atoms with Crippen LogP contribution >= 0.6 is 0 Å². The van der Waals surface area contributed by atoms with Crippen molar-refractivity contribution in [2.45, 2.75) is 23.5 Å². The van der Waals surface area contributed by atoms with Crippen molar-refractivity contribution in [1.29, 1.82) is 0 Å². The van der Waals surface area contributed by atoms with E-state index in [0.717, 1.165) is 5.56 Å². The normalized spacial score (nSPS) is 12.3. The molecular formula is C19H25NO6S. The first-order chi connectivity index (χ1) is 12.8. The molecule has 0 saturated carbocycles. The van der Waals surface area contributed by atoms with E-state index in [4.69, 9.17) is 24.7 Å². The maximum atomic E-state index is 12.9. The molecule has 0 heterocycles. The number of nitrogens with two attached hydrogens (primary N) is 1. The summed E-state index contributed by atoms with van der Waals surface area (Å²) < 4.78 is 46.9. The number of ether oxygens (including phenoxy) is 4. The van der Waals surface area contributed by atoms with Crippen molar-refractivity contribution >= 4 is 15.5 Å². The van der Waals surface area contributed by atoms with Gasteiger partial charge in [0.25, 0.3) is 0 Å². The van der Waals surface area contributed by atoms with Crippen molar-refractivity contribution < 1.29 is 27.4 Å². The van der Waals surface area contributed by atoms with Crippen LogP contribution < -0.4 is 24.7 Å². The predicted molar refractivity (Wildman–Crippen MR) is 104 cm³/mol. The number of nitrogen functional groups attached to an aromatic ring is 1. The van der Waals surface area contributed by atoms with E-state index in [1.807, 2.05) is 0 Å². The molecule has 2 N–H and O–H groups in total. The van der Waals surface area contributed by atoms with Crippen molar-refractivity contribution in [3.63, 3.8) is 0 Å². The van der Waals surface area contributed by atoms with Crippen LogP contribution in [0, 0.1) is 0 Å². The Bertz CT molecular complexity index is 885. The number of benzene rings is 2. The average Bonchev–Trinajstić information content (AvgIpc) is 2.66. The second-order valence-corrected chi connectivity index (χ2v) is 8.36. The monoisotopic (exact) mass is 395 g/mol. The minimum Gasteiger partial charge on any atom is -0.495 e. The molecule has 0 spiro atoms. The molecule has 7 nitrogen and oxygen atoms in total. The first-order valence-electron chi connectivity index (χ1n) is 8.24. The lowest BCUT2D eigenvalue weighted by Gasteiger charge is -2.17. The molecule has 27 heavy (non-hydrogen) atoms. The summed E-state index contributed by atoms with van der Waals surface area (Å²) >= 11 is 0. The predicted octanol–water partition coefficient (Wildman–Crippen LogP) is 2.71. The number of methoxy groups -OCH3 is 4. The van der Waals surface area contributed by atoms with Crippen LogP contribution in [0.2, 0.25) is 0 Å². The van der Waals surface area contributed by atoms with Gasteiger partial charge in [-0.25, -0.2) is 8.42 Å². The van der Waals surface area contributed by atoms with Gasteiger partial charge in [0.15, 0.2) is 21.3 Å². The SMILES string of the molecule is COc1ccc(S(=O)(=O)C(C)Cc2cc(OC)c(OC)c(OC)c2)cc1N. The molecule has 8 heteroatoms. The molecular weight excluding hydrogens is 370 g/mol. The highest BCUT2D eigenvalue weighted by atomic mass is 32.2. The summed E-state index contributed by atoms with van der Waals surface area (Å²) in [6, 6.07) is 7.95. The quantitative estimate of drug-likeness (QED) is 0.686. The van der Waals surface area contributed by atoms with Gasteiger partial charge in [0.05, 0.1) is 44.3 Å². The Kier molecular flexibility index (Phi) is 6.43. The Hall–Kier alpha value is -2.61. The van der Waals surface area contributed by atoms with Gasteiger partial charge < -0.3 is 24.7 Å². The fourth-order valence-electron chi connectivity index (χ4n) is 2.82. The molecule has 148 valence electrons. The Balaban J connectivity index is 2.35. The van der Waals surface area contributed by atoms with Gasteiger partial charge in [-0.2, -0.15) is 0 Å². The molecule has 2 aromatic rings. The molecule has 0 aliphatic rings. The molecule has 0 radical (unpaired) electrons. The van der Waals surface area contributed by atoms with E-state index >= 15 is 0 Å². The number of sulfone groups is 1. The van der Waals surface area contributed by atoms with Gasteiger partial charge in [0, 0.05) is 0 Å². The second-order valence-electron chi connectivity index (χ2n) is 6.00. The van der Waals surface area contributed by atoms with E-state index in [0.29, 0.717) is 23.0 Å². The van der Waals surface area contributed by atoms with Crippen LogP contribution in [0.4, 0.5) is 5.69 Å². The van der Waals surface area contributed by atoms with E-state index in [9.17, 15) is 8.42 Å². The zero-order valence-corrected chi connectivity index (χ0v) is 16.9. The molecule has 0 aliphatic carbocycles. The minimum atomic E-state index is -3.59. The Morgan fingerprint density at radius 3 is 1.89 bits per heavy atom. The van der Waals surface area contributed by atoms with Crippen LogP contribution in [-0.4, -0.2) is 42.1 Å². The summed E-state index contributed by atoms with van der Waals surface area (Å²) in [6.07, 6.45) is 0.269.